The molecule has 138 valence electrons. The van der Waals surface area contributed by atoms with Gasteiger partial charge in [0.05, 0.1) is 5.69 Å². The molecule has 6 heteroatoms. The van der Waals surface area contributed by atoms with Crippen molar-refractivity contribution < 1.29 is 14.3 Å². The van der Waals surface area contributed by atoms with Gasteiger partial charge in [0.2, 0.25) is 0 Å². The smallest absolute Gasteiger partial charge is 0.321 e. The molecule has 0 aromatic heterocycles. The number of amides is 2. The number of rotatable bonds is 4. The number of hydrogen-bond donors (Lipinski definition) is 2. The Morgan fingerprint density at radius 2 is 1.81 bits per heavy atom. The van der Waals surface area contributed by atoms with Crippen molar-refractivity contribution in [2.45, 2.75) is 19.3 Å². The Hall–Kier alpha value is -2.11. The highest BCUT2D eigenvalue weighted by atomic mass is 35.5. The Bertz CT molecular complexity index is 759. The number of carbonyl (C=O) groups excluding carboxylic acids is 1. The predicted octanol–water partition coefficient (Wildman–Crippen LogP) is 4.33. The second kappa shape index (κ2) is 8.06. The minimum atomic E-state index is -0.453. The lowest BCUT2D eigenvalue weighted by molar-refractivity contribution is 0.0575. The summed E-state index contributed by atoms with van der Waals surface area (Å²) < 4.78 is 13.7. The van der Waals surface area contributed by atoms with Crippen LogP contribution in [0.1, 0.15) is 18.4 Å². The molecular weight excluding hydrogens is 355 g/mol. The first-order valence-electron chi connectivity index (χ1n) is 8.67. The maximum Gasteiger partial charge on any atom is 0.321 e. The van der Waals surface area contributed by atoms with Crippen LogP contribution in [0.25, 0.3) is 0 Å². The molecule has 2 aromatic carbocycles. The molecule has 0 radical (unpaired) electrons. The first kappa shape index (κ1) is 18.7. The predicted molar refractivity (Wildman–Crippen MR) is 101 cm³/mol. The molecule has 26 heavy (non-hydrogen) atoms. The molecule has 1 aliphatic rings. The fourth-order valence-corrected chi connectivity index (χ4v) is 3.49. The number of para-hydroxylation sites is 1. The zero-order valence-electron chi connectivity index (χ0n) is 14.4. The lowest BCUT2D eigenvalue weighted by atomic mass is 9.74. The van der Waals surface area contributed by atoms with Crippen molar-refractivity contribution in [3.8, 4) is 0 Å². The molecule has 0 unspecified atom stereocenters. The van der Waals surface area contributed by atoms with E-state index < -0.39 is 5.82 Å². The largest absolute Gasteiger partial charge is 0.396 e. The van der Waals surface area contributed by atoms with Crippen LogP contribution in [0.3, 0.4) is 0 Å². The molecule has 2 N–H and O–H groups in total. The number of halogens is 2. The molecule has 0 saturated carbocycles. The van der Waals surface area contributed by atoms with Gasteiger partial charge in [-0.05, 0) is 49.1 Å². The van der Waals surface area contributed by atoms with Gasteiger partial charge in [-0.3, -0.25) is 0 Å². The number of aliphatic hydroxyl groups excluding tert-OH is 1. The summed E-state index contributed by atoms with van der Waals surface area (Å²) in [4.78, 5) is 14.1. The van der Waals surface area contributed by atoms with Gasteiger partial charge in [0.15, 0.2) is 0 Å². The van der Waals surface area contributed by atoms with E-state index in [1.807, 2.05) is 24.3 Å². The summed E-state index contributed by atoms with van der Waals surface area (Å²) in [5.74, 6) is -0.453. The van der Waals surface area contributed by atoms with Gasteiger partial charge < -0.3 is 15.3 Å². The molecule has 0 atom stereocenters. The van der Waals surface area contributed by atoms with Crippen LogP contribution in [0, 0.1) is 11.2 Å². The van der Waals surface area contributed by atoms with E-state index in [0.29, 0.717) is 31.0 Å². The van der Waals surface area contributed by atoms with Gasteiger partial charge in [0.1, 0.15) is 5.82 Å². The maximum absolute atomic E-state index is 13.7. The van der Waals surface area contributed by atoms with Crippen LogP contribution in [0.2, 0.25) is 5.02 Å². The van der Waals surface area contributed by atoms with Crippen LogP contribution < -0.4 is 5.32 Å². The van der Waals surface area contributed by atoms with E-state index in [-0.39, 0.29) is 23.7 Å². The Balaban J connectivity index is 1.60. The quantitative estimate of drug-likeness (QED) is 0.834. The number of urea groups is 1. The number of hydrogen-bond acceptors (Lipinski definition) is 2. The van der Waals surface area contributed by atoms with E-state index in [9.17, 15) is 14.3 Å². The number of likely N-dealkylation sites (tertiary alicyclic amines) is 1. The first-order valence-corrected chi connectivity index (χ1v) is 9.05. The van der Waals surface area contributed by atoms with Crippen LogP contribution in [0.4, 0.5) is 14.9 Å². The molecule has 0 spiro atoms. The highest BCUT2D eigenvalue weighted by molar-refractivity contribution is 6.30. The molecule has 1 aliphatic heterocycles. The third-order valence-electron chi connectivity index (χ3n) is 5.05. The fourth-order valence-electron chi connectivity index (χ4n) is 3.37. The number of aliphatic hydroxyl groups is 1. The Morgan fingerprint density at radius 1 is 1.15 bits per heavy atom. The average molecular weight is 377 g/mol. The third-order valence-corrected chi connectivity index (χ3v) is 5.31. The van der Waals surface area contributed by atoms with Gasteiger partial charge in [-0.25, -0.2) is 9.18 Å². The van der Waals surface area contributed by atoms with E-state index >= 15 is 0 Å². The molecular formula is C20H22ClFN2O2. The molecule has 0 bridgehead atoms. The normalized spacial score (nSPS) is 16.3. The summed E-state index contributed by atoms with van der Waals surface area (Å²) in [6.07, 6.45) is 2.12. The van der Waals surface area contributed by atoms with E-state index in [4.69, 9.17) is 11.6 Å². The second-order valence-corrected chi connectivity index (χ2v) is 7.29. The van der Waals surface area contributed by atoms with Crippen LogP contribution >= 0.6 is 11.6 Å². The van der Waals surface area contributed by atoms with Crippen LogP contribution in [-0.4, -0.2) is 35.7 Å². The van der Waals surface area contributed by atoms with Gasteiger partial charge in [-0.1, -0.05) is 35.9 Å². The summed E-state index contributed by atoms with van der Waals surface area (Å²) >= 11 is 5.93. The van der Waals surface area contributed by atoms with Crippen molar-refractivity contribution >= 4 is 23.3 Å². The van der Waals surface area contributed by atoms with E-state index in [0.717, 1.165) is 12.0 Å². The number of nitrogens with one attached hydrogen (secondary N) is 1. The minimum Gasteiger partial charge on any atom is -0.396 e. The van der Waals surface area contributed by atoms with Crippen molar-refractivity contribution in [1.82, 2.24) is 4.90 Å². The summed E-state index contributed by atoms with van der Waals surface area (Å²) in [6, 6.07) is 13.4. The molecule has 2 amide bonds. The number of piperidine rings is 1. The highest BCUT2D eigenvalue weighted by Gasteiger charge is 2.35. The molecule has 3 rings (SSSR count). The molecule has 1 heterocycles. The first-order chi connectivity index (χ1) is 12.5. The van der Waals surface area contributed by atoms with Gasteiger partial charge in [-0.15, -0.1) is 0 Å². The van der Waals surface area contributed by atoms with Crippen LogP contribution in [0.15, 0.2) is 48.5 Å². The highest BCUT2D eigenvalue weighted by Crippen LogP contribution is 2.35. The van der Waals surface area contributed by atoms with Gasteiger partial charge in [-0.2, -0.15) is 0 Å². The Labute approximate surface area is 157 Å². The third kappa shape index (κ3) is 4.34. The minimum absolute atomic E-state index is 0.0679. The summed E-state index contributed by atoms with van der Waals surface area (Å²) in [6.45, 7) is 1.11. The Morgan fingerprint density at radius 3 is 2.42 bits per heavy atom. The topological polar surface area (TPSA) is 52.6 Å². The average Bonchev–Trinajstić information content (AvgIpc) is 2.66. The SMILES string of the molecule is O=C(Nc1ccccc1F)N1CCC(CO)(Cc2ccc(Cl)cc2)CC1. The molecule has 1 fully saturated rings. The van der Waals surface area contributed by atoms with Crippen molar-refractivity contribution in [1.29, 1.82) is 0 Å². The molecule has 1 saturated heterocycles. The zero-order chi connectivity index (χ0) is 18.6. The monoisotopic (exact) mass is 376 g/mol. The van der Waals surface area contributed by atoms with Crippen LogP contribution in [0.5, 0.6) is 0 Å². The lowest BCUT2D eigenvalue weighted by Gasteiger charge is -2.40. The van der Waals surface area contributed by atoms with E-state index in [2.05, 4.69) is 5.32 Å². The molecule has 0 aliphatic carbocycles. The number of carbonyl (C=O) groups is 1. The number of anilines is 1. The summed E-state index contributed by atoms with van der Waals surface area (Å²) in [5.41, 5.74) is 1.05. The standard InChI is InChI=1S/C20H22ClFN2O2/c21-16-7-5-15(6-8-16)13-20(14-25)9-11-24(12-10-20)19(26)23-18-4-2-1-3-17(18)22/h1-8,25H,9-14H2,(H,23,26). The summed E-state index contributed by atoms with van der Waals surface area (Å²) in [5, 5.41) is 13.3. The van der Waals surface area contributed by atoms with Crippen molar-refractivity contribution in [3.05, 3.63) is 64.9 Å². The summed E-state index contributed by atoms with van der Waals surface area (Å²) in [7, 11) is 0. The van der Waals surface area contributed by atoms with Gasteiger partial charge in [0, 0.05) is 30.1 Å². The van der Waals surface area contributed by atoms with Crippen molar-refractivity contribution in [2.24, 2.45) is 5.41 Å². The lowest BCUT2D eigenvalue weighted by Crippen LogP contribution is -2.47. The molecule has 4 nitrogen and oxygen atoms in total. The van der Waals surface area contributed by atoms with Gasteiger partial charge in [0.25, 0.3) is 0 Å². The van der Waals surface area contributed by atoms with Crippen molar-refractivity contribution in [3.63, 3.8) is 0 Å². The Kier molecular flexibility index (Phi) is 5.79. The van der Waals surface area contributed by atoms with E-state index in [1.165, 1.54) is 12.1 Å². The maximum atomic E-state index is 13.7. The zero-order valence-corrected chi connectivity index (χ0v) is 15.2. The fraction of sp³-hybridized carbons (Fsp3) is 0.350. The second-order valence-electron chi connectivity index (χ2n) is 6.86. The van der Waals surface area contributed by atoms with Gasteiger partial charge >= 0.3 is 6.03 Å². The number of nitrogens with zero attached hydrogens (tertiary/aromatic N) is 1. The van der Waals surface area contributed by atoms with E-state index in [1.54, 1.807) is 17.0 Å². The van der Waals surface area contributed by atoms with Crippen molar-refractivity contribution in [2.75, 3.05) is 25.0 Å². The molecule has 2 aromatic rings. The van der Waals surface area contributed by atoms with Crippen LogP contribution in [-0.2, 0) is 6.42 Å². The number of benzene rings is 2.